The number of ether oxygens (including phenoxy) is 1. The molecular formula is C17H26O3. The Kier molecular flexibility index (Phi) is 6.21. The lowest BCUT2D eigenvalue weighted by Crippen LogP contribution is -2.29. The second kappa shape index (κ2) is 7.44. The van der Waals surface area contributed by atoms with E-state index in [1.54, 1.807) is 6.92 Å². The Labute approximate surface area is 122 Å². The number of carbonyl (C=O) groups is 1. The van der Waals surface area contributed by atoms with Crippen LogP contribution in [0.1, 0.15) is 57.8 Å². The molecule has 0 amide bonds. The second-order valence-electron chi connectivity index (χ2n) is 5.79. The number of aliphatic hydroxyl groups is 1. The van der Waals surface area contributed by atoms with Crippen LogP contribution in [0.15, 0.2) is 24.3 Å². The average Bonchev–Trinajstić information content (AvgIpc) is 2.38. The van der Waals surface area contributed by atoms with Crippen molar-refractivity contribution in [2.75, 3.05) is 6.61 Å². The molecule has 2 atom stereocenters. The first-order valence-corrected chi connectivity index (χ1v) is 7.33. The predicted molar refractivity (Wildman–Crippen MR) is 80.5 cm³/mol. The highest BCUT2D eigenvalue weighted by molar-refractivity contribution is 5.73. The highest BCUT2D eigenvalue weighted by Gasteiger charge is 2.32. The summed E-state index contributed by atoms with van der Waals surface area (Å²) in [6.45, 7) is 10.2. The Bertz CT molecular complexity index is 420. The summed E-state index contributed by atoms with van der Waals surface area (Å²) in [6.07, 6.45) is -0.824. The molecule has 0 aromatic heterocycles. The molecule has 0 aliphatic heterocycles. The fourth-order valence-corrected chi connectivity index (χ4v) is 2.29. The maximum atomic E-state index is 12.0. The molecule has 0 saturated heterocycles. The summed E-state index contributed by atoms with van der Waals surface area (Å²) in [6, 6.07) is 7.81. The fraction of sp³-hybridized carbons (Fsp3) is 0.588. The molecule has 0 radical (unpaired) electrons. The number of carbonyl (C=O) groups excluding carboxylic acids is 1. The van der Waals surface area contributed by atoms with Gasteiger partial charge in [-0.2, -0.15) is 0 Å². The van der Waals surface area contributed by atoms with Crippen molar-refractivity contribution in [3.63, 3.8) is 0 Å². The van der Waals surface area contributed by atoms with Crippen molar-refractivity contribution in [1.29, 1.82) is 0 Å². The number of aliphatic hydroxyl groups excluding tert-OH is 1. The normalized spacial score (nSPS) is 14.4. The molecule has 0 heterocycles. The van der Waals surface area contributed by atoms with Crippen molar-refractivity contribution in [2.24, 2.45) is 11.8 Å². The minimum Gasteiger partial charge on any atom is -0.466 e. The van der Waals surface area contributed by atoms with Gasteiger partial charge in [-0.1, -0.05) is 52.0 Å². The quantitative estimate of drug-likeness (QED) is 0.807. The molecular weight excluding hydrogens is 252 g/mol. The minimum atomic E-state index is -0.824. The molecule has 1 rings (SSSR count). The average molecular weight is 278 g/mol. The van der Waals surface area contributed by atoms with Crippen LogP contribution in [0.5, 0.6) is 0 Å². The number of hydrogen-bond acceptors (Lipinski definition) is 3. The molecule has 0 aliphatic rings. The van der Waals surface area contributed by atoms with Gasteiger partial charge < -0.3 is 9.84 Å². The van der Waals surface area contributed by atoms with E-state index in [-0.39, 0.29) is 11.9 Å². The van der Waals surface area contributed by atoms with E-state index in [4.69, 9.17) is 4.74 Å². The third kappa shape index (κ3) is 4.07. The first-order chi connectivity index (χ1) is 9.38. The smallest absolute Gasteiger partial charge is 0.312 e. The first-order valence-electron chi connectivity index (χ1n) is 7.33. The van der Waals surface area contributed by atoms with Gasteiger partial charge in [0, 0.05) is 0 Å². The third-order valence-electron chi connectivity index (χ3n) is 3.56. The molecule has 20 heavy (non-hydrogen) atoms. The summed E-state index contributed by atoms with van der Waals surface area (Å²) in [4.78, 5) is 12.0. The van der Waals surface area contributed by atoms with Gasteiger partial charge in [0.1, 0.15) is 0 Å². The van der Waals surface area contributed by atoms with Crippen LogP contribution in [-0.2, 0) is 9.53 Å². The van der Waals surface area contributed by atoms with Crippen LogP contribution in [-0.4, -0.2) is 17.7 Å². The number of benzene rings is 1. The maximum Gasteiger partial charge on any atom is 0.312 e. The topological polar surface area (TPSA) is 46.5 Å². The molecule has 2 unspecified atom stereocenters. The van der Waals surface area contributed by atoms with Gasteiger partial charge in [-0.15, -0.1) is 0 Å². The second-order valence-corrected chi connectivity index (χ2v) is 5.79. The Morgan fingerprint density at radius 3 is 2.00 bits per heavy atom. The van der Waals surface area contributed by atoms with Crippen molar-refractivity contribution in [1.82, 2.24) is 0 Å². The Morgan fingerprint density at radius 1 is 1.10 bits per heavy atom. The first kappa shape index (κ1) is 16.7. The molecule has 0 spiro atoms. The Morgan fingerprint density at radius 2 is 1.60 bits per heavy atom. The number of rotatable bonds is 6. The van der Waals surface area contributed by atoms with Gasteiger partial charge in [-0.3, -0.25) is 4.79 Å². The fourth-order valence-electron chi connectivity index (χ4n) is 2.29. The molecule has 1 N–H and O–H groups in total. The molecule has 112 valence electrons. The van der Waals surface area contributed by atoms with Crippen LogP contribution in [0.25, 0.3) is 0 Å². The van der Waals surface area contributed by atoms with Crippen LogP contribution in [0.3, 0.4) is 0 Å². The van der Waals surface area contributed by atoms with Gasteiger partial charge in [0.05, 0.1) is 18.6 Å². The van der Waals surface area contributed by atoms with E-state index >= 15 is 0 Å². The summed E-state index contributed by atoms with van der Waals surface area (Å²) < 4.78 is 5.07. The van der Waals surface area contributed by atoms with Crippen LogP contribution < -0.4 is 0 Å². The lowest BCUT2D eigenvalue weighted by atomic mass is 9.86. The molecule has 0 saturated carbocycles. The van der Waals surface area contributed by atoms with Crippen molar-refractivity contribution in [3.8, 4) is 0 Å². The monoisotopic (exact) mass is 278 g/mol. The van der Waals surface area contributed by atoms with Crippen LogP contribution in [0, 0.1) is 11.8 Å². The SMILES string of the molecule is CCOC(=O)C(C(C)C)C(O)c1ccc(C(C)C)cc1. The zero-order chi connectivity index (χ0) is 15.3. The van der Waals surface area contributed by atoms with E-state index in [9.17, 15) is 9.90 Å². The van der Waals surface area contributed by atoms with Gasteiger partial charge in [0.15, 0.2) is 0 Å². The molecule has 1 aromatic rings. The van der Waals surface area contributed by atoms with E-state index in [1.165, 1.54) is 5.56 Å². The van der Waals surface area contributed by atoms with Gasteiger partial charge >= 0.3 is 5.97 Å². The summed E-state index contributed by atoms with van der Waals surface area (Å²) in [5, 5.41) is 10.5. The molecule has 0 bridgehead atoms. The maximum absolute atomic E-state index is 12.0. The highest BCUT2D eigenvalue weighted by Crippen LogP contribution is 2.30. The molecule has 3 nitrogen and oxygen atoms in total. The van der Waals surface area contributed by atoms with Crippen molar-refractivity contribution in [2.45, 2.75) is 46.6 Å². The summed E-state index contributed by atoms with van der Waals surface area (Å²) in [5.41, 5.74) is 1.99. The Balaban J connectivity index is 2.94. The van der Waals surface area contributed by atoms with E-state index in [0.717, 1.165) is 5.56 Å². The molecule has 3 heteroatoms. The van der Waals surface area contributed by atoms with Crippen molar-refractivity contribution in [3.05, 3.63) is 35.4 Å². The van der Waals surface area contributed by atoms with Crippen LogP contribution in [0.2, 0.25) is 0 Å². The third-order valence-corrected chi connectivity index (χ3v) is 3.56. The minimum absolute atomic E-state index is 0.0221. The van der Waals surface area contributed by atoms with E-state index in [0.29, 0.717) is 12.5 Å². The summed E-state index contributed by atoms with van der Waals surface area (Å²) in [7, 11) is 0. The number of esters is 1. The molecule has 0 aliphatic carbocycles. The van der Waals surface area contributed by atoms with Gasteiger partial charge in [-0.05, 0) is 29.9 Å². The van der Waals surface area contributed by atoms with Crippen LogP contribution >= 0.6 is 0 Å². The van der Waals surface area contributed by atoms with Gasteiger partial charge in [0.25, 0.3) is 0 Å². The van der Waals surface area contributed by atoms with E-state index in [1.807, 2.05) is 38.1 Å². The number of hydrogen-bond donors (Lipinski definition) is 1. The summed E-state index contributed by atoms with van der Waals surface area (Å²) >= 11 is 0. The van der Waals surface area contributed by atoms with Crippen molar-refractivity contribution < 1.29 is 14.6 Å². The lowest BCUT2D eigenvalue weighted by Gasteiger charge is -2.25. The zero-order valence-corrected chi connectivity index (χ0v) is 13.1. The van der Waals surface area contributed by atoms with E-state index in [2.05, 4.69) is 13.8 Å². The largest absolute Gasteiger partial charge is 0.466 e. The molecule has 1 aromatic carbocycles. The summed E-state index contributed by atoms with van der Waals surface area (Å²) in [5.74, 6) is -0.385. The highest BCUT2D eigenvalue weighted by atomic mass is 16.5. The lowest BCUT2D eigenvalue weighted by molar-refractivity contribution is -0.154. The van der Waals surface area contributed by atoms with Crippen molar-refractivity contribution >= 4 is 5.97 Å². The standard InChI is InChI=1S/C17H26O3/c1-6-20-17(19)15(12(4)5)16(18)14-9-7-13(8-10-14)11(2)3/h7-12,15-16,18H,6H2,1-5H3. The van der Waals surface area contributed by atoms with E-state index < -0.39 is 12.0 Å². The van der Waals surface area contributed by atoms with Gasteiger partial charge in [-0.25, -0.2) is 0 Å². The zero-order valence-electron chi connectivity index (χ0n) is 13.1. The molecule has 0 fully saturated rings. The van der Waals surface area contributed by atoms with Gasteiger partial charge in [0.2, 0.25) is 0 Å². The van der Waals surface area contributed by atoms with Crippen LogP contribution in [0.4, 0.5) is 0 Å². The predicted octanol–water partition coefficient (Wildman–Crippen LogP) is 3.68. The Hall–Kier alpha value is -1.35.